The molecule has 1 heterocycles. The van der Waals surface area contributed by atoms with Crippen molar-refractivity contribution in [3.8, 4) is 11.3 Å². The maximum Gasteiger partial charge on any atom is 0.0717 e. The summed E-state index contributed by atoms with van der Waals surface area (Å²) in [4.78, 5) is 4.32. The van der Waals surface area contributed by atoms with Crippen LogP contribution in [0.5, 0.6) is 0 Å². The maximum absolute atomic E-state index is 6.02. The Morgan fingerprint density at radius 2 is 1.86 bits per heavy atom. The Kier molecular flexibility index (Phi) is 3.03. The molecule has 14 heavy (non-hydrogen) atoms. The van der Waals surface area contributed by atoms with E-state index < -0.39 is 0 Å². The minimum Gasteiger partial charge on any atom is -0.255 e. The van der Waals surface area contributed by atoms with Gasteiger partial charge in [-0.25, -0.2) is 0 Å². The highest BCUT2D eigenvalue weighted by atomic mass is 127. The van der Waals surface area contributed by atoms with Crippen molar-refractivity contribution in [1.29, 1.82) is 0 Å². The summed E-state index contributed by atoms with van der Waals surface area (Å²) in [6.07, 6.45) is 1.78. The summed E-state index contributed by atoms with van der Waals surface area (Å²) in [6.45, 7) is 0. The van der Waals surface area contributed by atoms with E-state index in [0.29, 0.717) is 0 Å². The van der Waals surface area contributed by atoms with Crippen LogP contribution in [-0.2, 0) is 0 Å². The molecule has 0 aliphatic rings. The molecule has 0 saturated carbocycles. The van der Waals surface area contributed by atoms with Gasteiger partial charge < -0.3 is 0 Å². The molecule has 0 amide bonds. The molecule has 0 saturated heterocycles. The zero-order valence-electron chi connectivity index (χ0n) is 7.24. The fourth-order valence-electron chi connectivity index (χ4n) is 1.18. The van der Waals surface area contributed by atoms with Gasteiger partial charge in [0, 0.05) is 11.8 Å². The molecule has 0 fully saturated rings. The lowest BCUT2D eigenvalue weighted by atomic mass is 10.1. The number of hydrogen-bond acceptors (Lipinski definition) is 1. The average Bonchev–Trinajstić information content (AvgIpc) is 2.23. The Morgan fingerprint density at radius 1 is 1.14 bits per heavy atom. The number of rotatable bonds is 1. The van der Waals surface area contributed by atoms with E-state index in [-0.39, 0.29) is 0 Å². The highest BCUT2D eigenvalue weighted by molar-refractivity contribution is 14.1. The zero-order chi connectivity index (χ0) is 9.97. The molecule has 0 spiro atoms. The van der Waals surface area contributed by atoms with Crippen molar-refractivity contribution in [2.75, 3.05) is 0 Å². The van der Waals surface area contributed by atoms with E-state index in [1.165, 1.54) is 0 Å². The summed E-state index contributed by atoms with van der Waals surface area (Å²) in [6, 6.07) is 11.9. The van der Waals surface area contributed by atoms with Gasteiger partial charge in [-0.3, -0.25) is 4.98 Å². The Labute approximate surface area is 101 Å². The van der Waals surface area contributed by atoms with Crippen molar-refractivity contribution in [1.82, 2.24) is 4.98 Å². The minimum atomic E-state index is 0.749. The minimum absolute atomic E-state index is 0.749. The largest absolute Gasteiger partial charge is 0.255 e. The summed E-state index contributed by atoms with van der Waals surface area (Å²) < 4.78 is 0.976. The first-order chi connectivity index (χ1) is 6.77. The van der Waals surface area contributed by atoms with E-state index in [2.05, 4.69) is 27.6 Å². The van der Waals surface area contributed by atoms with E-state index >= 15 is 0 Å². The van der Waals surface area contributed by atoms with E-state index in [9.17, 15) is 0 Å². The van der Waals surface area contributed by atoms with E-state index in [0.717, 1.165) is 19.9 Å². The van der Waals surface area contributed by atoms with Crippen molar-refractivity contribution in [3.05, 3.63) is 51.2 Å². The predicted molar refractivity (Wildman–Crippen MR) is 67.4 cm³/mol. The van der Waals surface area contributed by atoms with Crippen LogP contribution in [-0.4, -0.2) is 4.98 Å². The smallest absolute Gasteiger partial charge is 0.0717 e. The number of aromatic nitrogens is 1. The Bertz CT molecular complexity index is 442. The molecule has 0 unspecified atom stereocenters. The van der Waals surface area contributed by atoms with Crippen molar-refractivity contribution < 1.29 is 0 Å². The summed E-state index contributed by atoms with van der Waals surface area (Å²) in [5, 5.41) is 0.749. The van der Waals surface area contributed by atoms with Crippen LogP contribution < -0.4 is 0 Å². The molecule has 2 aromatic rings. The molecule has 0 atom stereocenters. The van der Waals surface area contributed by atoms with E-state index in [4.69, 9.17) is 11.6 Å². The van der Waals surface area contributed by atoms with Crippen LogP contribution in [0, 0.1) is 3.57 Å². The van der Waals surface area contributed by atoms with Crippen LogP contribution >= 0.6 is 34.2 Å². The molecule has 1 nitrogen and oxygen atoms in total. The Hall–Kier alpha value is -0.610. The molecule has 0 aliphatic carbocycles. The lowest BCUT2D eigenvalue weighted by Gasteiger charge is -2.01. The maximum atomic E-state index is 6.02. The van der Waals surface area contributed by atoms with Gasteiger partial charge in [0.25, 0.3) is 0 Å². The number of hydrogen-bond donors (Lipinski definition) is 0. The summed E-state index contributed by atoms with van der Waals surface area (Å²) >= 11 is 8.18. The first-order valence-electron chi connectivity index (χ1n) is 4.14. The third-order valence-corrected chi connectivity index (χ3v) is 3.37. The van der Waals surface area contributed by atoms with Gasteiger partial charge in [-0.1, -0.05) is 41.9 Å². The summed E-state index contributed by atoms with van der Waals surface area (Å²) in [5.74, 6) is 0. The molecular weight excluding hydrogens is 308 g/mol. The normalized spacial score (nSPS) is 10.1. The Balaban J connectivity index is 2.48. The number of pyridine rings is 1. The van der Waals surface area contributed by atoms with Gasteiger partial charge in [0.15, 0.2) is 0 Å². The number of nitrogens with zero attached hydrogens (tertiary/aromatic N) is 1. The molecule has 0 aliphatic heterocycles. The van der Waals surface area contributed by atoms with Gasteiger partial charge in [-0.15, -0.1) is 0 Å². The van der Waals surface area contributed by atoms with Gasteiger partial charge in [0.2, 0.25) is 0 Å². The lowest BCUT2D eigenvalue weighted by Crippen LogP contribution is -1.84. The quantitative estimate of drug-likeness (QED) is 0.725. The second-order valence-corrected chi connectivity index (χ2v) is 4.42. The van der Waals surface area contributed by atoms with Gasteiger partial charge in [0.05, 0.1) is 14.3 Å². The fraction of sp³-hybridized carbons (Fsp3) is 0. The van der Waals surface area contributed by atoms with Crippen molar-refractivity contribution >= 4 is 34.2 Å². The first kappa shape index (κ1) is 9.93. The first-order valence-corrected chi connectivity index (χ1v) is 5.59. The van der Waals surface area contributed by atoms with Crippen LogP contribution in [0.2, 0.25) is 5.02 Å². The van der Waals surface area contributed by atoms with Gasteiger partial charge in [-0.2, -0.15) is 0 Å². The second-order valence-electron chi connectivity index (χ2n) is 2.85. The van der Waals surface area contributed by atoms with Crippen LogP contribution in [0.4, 0.5) is 0 Å². The van der Waals surface area contributed by atoms with Crippen molar-refractivity contribution in [2.45, 2.75) is 0 Å². The highest BCUT2D eigenvalue weighted by Gasteiger charge is 2.01. The van der Waals surface area contributed by atoms with Gasteiger partial charge in [-0.05, 0) is 28.7 Å². The molecule has 1 aromatic heterocycles. The molecule has 2 rings (SSSR count). The van der Waals surface area contributed by atoms with Crippen LogP contribution in [0.1, 0.15) is 0 Å². The fourth-order valence-corrected chi connectivity index (χ4v) is 1.63. The van der Waals surface area contributed by atoms with Crippen LogP contribution in [0.3, 0.4) is 0 Å². The lowest BCUT2D eigenvalue weighted by molar-refractivity contribution is 1.31. The van der Waals surface area contributed by atoms with Crippen LogP contribution in [0.25, 0.3) is 11.3 Å². The molecule has 70 valence electrons. The summed E-state index contributed by atoms with van der Waals surface area (Å²) in [7, 11) is 0. The standard InChI is InChI=1S/C11H7ClIN/c12-9-6-11(14-7-10(9)13)8-4-2-1-3-5-8/h1-7H. The monoisotopic (exact) mass is 315 g/mol. The molecule has 3 heteroatoms. The molecule has 0 radical (unpaired) electrons. The van der Waals surface area contributed by atoms with E-state index in [1.54, 1.807) is 6.20 Å². The third kappa shape index (κ3) is 2.07. The second kappa shape index (κ2) is 4.28. The van der Waals surface area contributed by atoms with E-state index in [1.807, 2.05) is 36.4 Å². The highest BCUT2D eigenvalue weighted by Crippen LogP contribution is 2.23. The third-order valence-electron chi connectivity index (χ3n) is 1.88. The predicted octanol–water partition coefficient (Wildman–Crippen LogP) is 4.01. The molecule has 1 aromatic carbocycles. The SMILES string of the molecule is Clc1cc(-c2ccccc2)ncc1I. The van der Waals surface area contributed by atoms with Crippen LogP contribution in [0.15, 0.2) is 42.6 Å². The van der Waals surface area contributed by atoms with Crippen molar-refractivity contribution in [2.24, 2.45) is 0 Å². The zero-order valence-corrected chi connectivity index (χ0v) is 10.2. The van der Waals surface area contributed by atoms with Gasteiger partial charge in [0.1, 0.15) is 0 Å². The average molecular weight is 316 g/mol. The number of benzene rings is 1. The summed E-state index contributed by atoms with van der Waals surface area (Å²) in [5.41, 5.74) is 2.00. The Morgan fingerprint density at radius 3 is 2.50 bits per heavy atom. The molecule has 0 bridgehead atoms. The van der Waals surface area contributed by atoms with Gasteiger partial charge >= 0.3 is 0 Å². The molecular formula is C11H7ClIN. The topological polar surface area (TPSA) is 12.9 Å². The number of halogens is 2. The molecule has 0 N–H and O–H groups in total. The van der Waals surface area contributed by atoms with Crippen molar-refractivity contribution in [3.63, 3.8) is 0 Å².